The van der Waals surface area contributed by atoms with E-state index >= 15 is 0 Å². The molecule has 0 saturated carbocycles. The highest BCUT2D eigenvalue weighted by Gasteiger charge is 2.12. The van der Waals surface area contributed by atoms with E-state index in [-0.39, 0.29) is 6.07 Å². The van der Waals surface area contributed by atoms with E-state index in [2.05, 4.69) is 5.16 Å². The van der Waals surface area contributed by atoms with Crippen molar-refractivity contribution in [2.24, 2.45) is 5.16 Å². The van der Waals surface area contributed by atoms with Crippen molar-refractivity contribution >= 4 is 17.8 Å². The predicted molar refractivity (Wildman–Crippen MR) is 48.1 cm³/mol. The molecule has 1 aromatic rings. The molecule has 0 aromatic carbocycles. The lowest BCUT2D eigenvalue weighted by atomic mass is 10.2. The second-order valence-electron chi connectivity index (χ2n) is 2.39. The maximum absolute atomic E-state index is 8.40. The van der Waals surface area contributed by atoms with Crippen molar-refractivity contribution in [3.05, 3.63) is 29.6 Å². The quantitative estimate of drug-likeness (QED) is 0.258. The molecule has 13 heavy (non-hydrogen) atoms. The molecule has 1 N–H and O–H groups in total. The number of aromatic nitrogens is 1. The minimum Gasteiger partial charge on any atom is -0.411 e. The molecule has 0 amide bonds. The fourth-order valence-electron chi connectivity index (χ4n) is 0.984. The van der Waals surface area contributed by atoms with Crippen LogP contribution in [0.2, 0.25) is 0 Å². The third-order valence-corrected chi connectivity index (χ3v) is 1.67. The van der Waals surface area contributed by atoms with E-state index in [9.17, 15) is 0 Å². The topological polar surface area (TPSA) is 45.7 Å². The average molecular weight is 202 g/mol. The van der Waals surface area contributed by atoms with Crippen molar-refractivity contribution in [2.75, 3.05) is 6.07 Å². The van der Waals surface area contributed by atoms with E-state index < -0.39 is 0 Å². The second-order valence-corrected chi connectivity index (χ2v) is 2.60. The minimum absolute atomic E-state index is 0.0421. The summed E-state index contributed by atoms with van der Waals surface area (Å²) < 4.78 is 1.45. The van der Waals surface area contributed by atoms with Gasteiger partial charge >= 0.3 is 0 Å². The first-order valence-corrected chi connectivity index (χ1v) is 4.21. The summed E-state index contributed by atoms with van der Waals surface area (Å²) in [6.45, 7) is 1.88. The Labute approximate surface area is 81.0 Å². The highest BCUT2D eigenvalue weighted by molar-refractivity contribution is 6.17. The van der Waals surface area contributed by atoms with E-state index in [0.29, 0.717) is 5.69 Å². The molecule has 70 valence electrons. The van der Waals surface area contributed by atoms with Crippen molar-refractivity contribution < 1.29 is 14.8 Å². The molecule has 0 atom stereocenters. The fraction of sp³-hybridized carbons (Fsp3) is 0.250. The SMILES string of the molecule is Cc1ccc[n+](OCCl)c1C=NO. The monoisotopic (exact) mass is 201 g/mol. The van der Waals surface area contributed by atoms with E-state index in [1.165, 1.54) is 10.9 Å². The Bertz CT molecular complexity index is 315. The molecule has 1 aromatic heterocycles. The van der Waals surface area contributed by atoms with Crippen molar-refractivity contribution in [1.29, 1.82) is 0 Å². The first-order chi connectivity index (χ1) is 6.29. The molecule has 0 aliphatic heterocycles. The molecule has 0 radical (unpaired) electrons. The van der Waals surface area contributed by atoms with Crippen LogP contribution in [-0.2, 0) is 0 Å². The summed E-state index contributed by atoms with van der Waals surface area (Å²) >= 11 is 5.41. The third kappa shape index (κ3) is 2.32. The minimum atomic E-state index is 0.0421. The standard InChI is InChI=1S/C8H9ClN2O2/c1-7-3-2-4-11(13-6-9)8(7)5-10-12/h2-5H,6H2,1H3/p+1. The van der Waals surface area contributed by atoms with Crippen LogP contribution in [0, 0.1) is 6.92 Å². The molecule has 1 rings (SSSR count). The second kappa shape index (κ2) is 4.67. The lowest BCUT2D eigenvalue weighted by Gasteiger charge is -1.98. The number of hydrogen-bond donors (Lipinski definition) is 1. The van der Waals surface area contributed by atoms with Crippen LogP contribution in [0.5, 0.6) is 0 Å². The number of rotatable bonds is 3. The maximum Gasteiger partial charge on any atom is 0.281 e. The number of pyridine rings is 1. The smallest absolute Gasteiger partial charge is 0.281 e. The van der Waals surface area contributed by atoms with Crippen molar-refractivity contribution in [3.8, 4) is 0 Å². The van der Waals surface area contributed by atoms with Crippen molar-refractivity contribution in [3.63, 3.8) is 0 Å². The summed E-state index contributed by atoms with van der Waals surface area (Å²) in [6.07, 6.45) is 2.98. The number of nitrogens with zero attached hydrogens (tertiary/aromatic N) is 2. The molecule has 0 bridgehead atoms. The molecule has 4 nitrogen and oxygen atoms in total. The van der Waals surface area contributed by atoms with Gasteiger partial charge in [-0.3, -0.25) is 4.84 Å². The van der Waals surface area contributed by atoms with Crippen LogP contribution in [-0.4, -0.2) is 17.5 Å². The molecule has 0 unspecified atom stereocenters. The number of halogens is 1. The zero-order valence-electron chi connectivity index (χ0n) is 7.14. The first-order valence-electron chi connectivity index (χ1n) is 3.67. The Morgan fingerprint density at radius 2 is 2.54 bits per heavy atom. The highest BCUT2D eigenvalue weighted by atomic mass is 35.5. The molecule has 0 spiro atoms. The third-order valence-electron chi connectivity index (χ3n) is 1.58. The summed E-state index contributed by atoms with van der Waals surface area (Å²) in [4.78, 5) is 5.05. The number of aryl methyl sites for hydroxylation is 1. The molecular weight excluding hydrogens is 192 g/mol. The Balaban J connectivity index is 3.09. The van der Waals surface area contributed by atoms with Crippen molar-refractivity contribution in [1.82, 2.24) is 0 Å². The van der Waals surface area contributed by atoms with Crippen LogP contribution in [0.4, 0.5) is 0 Å². The van der Waals surface area contributed by atoms with Gasteiger partial charge in [-0.2, -0.15) is 0 Å². The van der Waals surface area contributed by atoms with Crippen LogP contribution in [0.1, 0.15) is 11.3 Å². The fourth-order valence-corrected chi connectivity index (χ4v) is 1.09. The van der Waals surface area contributed by atoms with Gasteiger partial charge in [0.1, 0.15) is 6.21 Å². The van der Waals surface area contributed by atoms with E-state index in [1.807, 2.05) is 19.1 Å². The Morgan fingerprint density at radius 3 is 3.15 bits per heavy atom. The summed E-state index contributed by atoms with van der Waals surface area (Å²) in [5.41, 5.74) is 1.59. The molecule has 0 fully saturated rings. The Hall–Kier alpha value is -1.29. The van der Waals surface area contributed by atoms with Crippen molar-refractivity contribution in [2.45, 2.75) is 6.92 Å². The van der Waals surface area contributed by atoms with Gasteiger partial charge < -0.3 is 5.21 Å². The number of alkyl halides is 1. The van der Waals surface area contributed by atoms with E-state index in [1.54, 1.807) is 6.20 Å². The molecule has 0 aliphatic rings. The largest absolute Gasteiger partial charge is 0.411 e. The van der Waals surface area contributed by atoms with Crippen LogP contribution in [0.25, 0.3) is 0 Å². The van der Waals surface area contributed by atoms with Gasteiger partial charge in [0.15, 0.2) is 0 Å². The van der Waals surface area contributed by atoms with Gasteiger partial charge in [-0.15, -0.1) is 0 Å². The molecule has 1 heterocycles. The summed E-state index contributed by atoms with van der Waals surface area (Å²) in [5.74, 6) is 0. The molecule has 0 aliphatic carbocycles. The number of oxime groups is 1. The summed E-state index contributed by atoms with van der Waals surface area (Å²) in [7, 11) is 0. The summed E-state index contributed by atoms with van der Waals surface area (Å²) in [6, 6.07) is 3.74. The van der Waals surface area contributed by atoms with E-state index in [0.717, 1.165) is 5.56 Å². The highest BCUT2D eigenvalue weighted by Crippen LogP contribution is 1.97. The van der Waals surface area contributed by atoms with Gasteiger partial charge in [0, 0.05) is 16.4 Å². The van der Waals surface area contributed by atoms with Gasteiger partial charge in [-0.1, -0.05) is 16.8 Å². The molecule has 5 heteroatoms. The average Bonchev–Trinajstić information content (AvgIpc) is 2.11. The van der Waals surface area contributed by atoms with Crippen LogP contribution in [0.15, 0.2) is 23.5 Å². The zero-order valence-corrected chi connectivity index (χ0v) is 7.90. The summed E-state index contributed by atoms with van der Waals surface area (Å²) in [5, 5.41) is 11.3. The van der Waals surface area contributed by atoms with Crippen LogP contribution >= 0.6 is 11.6 Å². The molecular formula is C8H10ClN2O2+. The van der Waals surface area contributed by atoms with Crippen LogP contribution < -0.4 is 9.57 Å². The maximum atomic E-state index is 8.40. The van der Waals surface area contributed by atoms with Gasteiger partial charge in [-0.25, -0.2) is 0 Å². The Morgan fingerprint density at radius 1 is 1.77 bits per heavy atom. The lowest BCUT2D eigenvalue weighted by molar-refractivity contribution is -0.888. The molecule has 0 saturated heterocycles. The van der Waals surface area contributed by atoms with Gasteiger partial charge in [0.05, 0.1) is 0 Å². The van der Waals surface area contributed by atoms with Gasteiger partial charge in [0.25, 0.3) is 5.69 Å². The van der Waals surface area contributed by atoms with Crippen LogP contribution in [0.3, 0.4) is 0 Å². The van der Waals surface area contributed by atoms with E-state index in [4.69, 9.17) is 21.6 Å². The zero-order chi connectivity index (χ0) is 9.68. The lowest BCUT2D eigenvalue weighted by Crippen LogP contribution is -2.46. The first kappa shape index (κ1) is 9.80. The number of hydrogen-bond acceptors (Lipinski definition) is 3. The normalized spacial score (nSPS) is 10.6. The van der Waals surface area contributed by atoms with Gasteiger partial charge in [-0.05, 0) is 13.0 Å². The Kier molecular flexibility index (Phi) is 3.52. The predicted octanol–water partition coefficient (Wildman–Crippen LogP) is 0.716. The van der Waals surface area contributed by atoms with Gasteiger partial charge in [0.2, 0.25) is 12.3 Å².